The topological polar surface area (TPSA) is 57.0 Å². The van der Waals surface area contributed by atoms with Crippen LogP contribution in [0.25, 0.3) is 10.9 Å². The number of nitrogens with zero attached hydrogens (tertiary/aromatic N) is 3. The highest BCUT2D eigenvalue weighted by Crippen LogP contribution is 2.24. The molecule has 1 aliphatic heterocycles. The molecule has 0 amide bonds. The summed E-state index contributed by atoms with van der Waals surface area (Å²) in [4.78, 5) is 18.0. The average Bonchev–Trinajstić information content (AvgIpc) is 2.46. The lowest BCUT2D eigenvalue weighted by atomic mass is 10.1. The Kier molecular flexibility index (Phi) is 2.88. The molecule has 1 aromatic carbocycles. The lowest BCUT2D eigenvalue weighted by molar-refractivity contribution is -0.118. The molecule has 4 nitrogen and oxygen atoms in total. The number of para-hydroxylation sites is 1. The van der Waals surface area contributed by atoms with Crippen molar-refractivity contribution in [3.63, 3.8) is 0 Å². The van der Waals surface area contributed by atoms with E-state index in [9.17, 15) is 10.1 Å². The van der Waals surface area contributed by atoms with E-state index in [1.807, 2.05) is 35.2 Å². The van der Waals surface area contributed by atoms with Gasteiger partial charge in [-0.25, -0.2) is 4.98 Å². The van der Waals surface area contributed by atoms with Gasteiger partial charge in [0.2, 0.25) is 0 Å². The molecule has 1 aromatic heterocycles. The molecule has 0 N–H and O–H groups in total. The summed E-state index contributed by atoms with van der Waals surface area (Å²) in [6.07, 6.45) is 1.46. The van der Waals surface area contributed by atoms with Gasteiger partial charge in [0.25, 0.3) is 0 Å². The second kappa shape index (κ2) is 4.69. The predicted octanol–water partition coefficient (Wildman–Crippen LogP) is 2.28. The number of carbonyl (C=O) groups excluding carboxylic acids is 1. The van der Waals surface area contributed by atoms with Crippen LogP contribution in [0.5, 0.6) is 0 Å². The molecule has 1 aliphatic rings. The first-order valence-corrected chi connectivity index (χ1v) is 6.34. The number of fused-ring (bicyclic) bond motifs is 1. The first-order chi connectivity index (χ1) is 9.28. The second-order valence-electron chi connectivity index (χ2n) is 4.73. The SMILES string of the molecule is N#Cc1cc2ccccc2nc1N1CCCC(=O)C1. The van der Waals surface area contributed by atoms with Crippen molar-refractivity contribution in [2.75, 3.05) is 18.0 Å². The Hall–Kier alpha value is -2.41. The summed E-state index contributed by atoms with van der Waals surface area (Å²) >= 11 is 0. The molecule has 3 rings (SSSR count). The van der Waals surface area contributed by atoms with E-state index in [4.69, 9.17) is 0 Å². The third kappa shape index (κ3) is 2.15. The first-order valence-electron chi connectivity index (χ1n) is 6.34. The summed E-state index contributed by atoms with van der Waals surface area (Å²) in [6, 6.07) is 11.7. The number of Topliss-reactive ketones (excluding diaryl/α,β-unsaturated/α-hetero) is 1. The van der Waals surface area contributed by atoms with Crippen LogP contribution >= 0.6 is 0 Å². The molecular formula is C15H13N3O. The van der Waals surface area contributed by atoms with Crippen molar-refractivity contribution in [3.8, 4) is 6.07 Å². The maximum absolute atomic E-state index is 11.6. The Bertz CT molecular complexity index is 687. The van der Waals surface area contributed by atoms with E-state index in [0.29, 0.717) is 24.3 Å². The summed E-state index contributed by atoms with van der Waals surface area (Å²) in [7, 11) is 0. The van der Waals surface area contributed by atoms with E-state index in [2.05, 4.69) is 11.1 Å². The monoisotopic (exact) mass is 251 g/mol. The summed E-state index contributed by atoms with van der Waals surface area (Å²) < 4.78 is 0. The zero-order valence-corrected chi connectivity index (χ0v) is 10.5. The van der Waals surface area contributed by atoms with Crippen molar-refractivity contribution in [1.29, 1.82) is 5.26 Å². The fourth-order valence-corrected chi connectivity index (χ4v) is 2.45. The largest absolute Gasteiger partial charge is 0.348 e. The summed E-state index contributed by atoms with van der Waals surface area (Å²) in [5.74, 6) is 0.847. The van der Waals surface area contributed by atoms with E-state index in [-0.39, 0.29) is 5.78 Å². The lowest BCUT2D eigenvalue weighted by Gasteiger charge is -2.27. The number of aromatic nitrogens is 1. The van der Waals surface area contributed by atoms with Gasteiger partial charge in [-0.15, -0.1) is 0 Å². The van der Waals surface area contributed by atoms with Crippen LogP contribution in [-0.2, 0) is 4.79 Å². The Balaban J connectivity index is 2.11. The van der Waals surface area contributed by atoms with Gasteiger partial charge in [-0.1, -0.05) is 18.2 Å². The predicted molar refractivity (Wildman–Crippen MR) is 72.9 cm³/mol. The van der Waals surface area contributed by atoms with Gasteiger partial charge in [-0.05, 0) is 18.6 Å². The minimum atomic E-state index is 0.213. The van der Waals surface area contributed by atoms with E-state index >= 15 is 0 Å². The highest BCUT2D eigenvalue weighted by molar-refractivity contribution is 5.87. The minimum Gasteiger partial charge on any atom is -0.348 e. The molecule has 0 radical (unpaired) electrons. The van der Waals surface area contributed by atoms with Gasteiger partial charge in [0, 0.05) is 18.4 Å². The quantitative estimate of drug-likeness (QED) is 0.780. The standard InChI is InChI=1S/C15H13N3O/c16-9-12-8-11-4-1-2-6-14(11)17-15(12)18-7-3-5-13(19)10-18/h1-2,4,6,8H,3,5,7,10H2. The zero-order valence-electron chi connectivity index (χ0n) is 10.5. The Morgan fingerprint density at radius 1 is 1.32 bits per heavy atom. The van der Waals surface area contributed by atoms with E-state index in [0.717, 1.165) is 23.9 Å². The smallest absolute Gasteiger partial charge is 0.152 e. The number of anilines is 1. The first kappa shape index (κ1) is 11.7. The number of nitriles is 1. The number of hydrogen-bond acceptors (Lipinski definition) is 4. The minimum absolute atomic E-state index is 0.213. The van der Waals surface area contributed by atoms with E-state index in [1.165, 1.54) is 0 Å². The Labute approximate surface area is 111 Å². The summed E-state index contributed by atoms with van der Waals surface area (Å²) in [6.45, 7) is 1.14. The molecule has 1 fully saturated rings. The fourth-order valence-electron chi connectivity index (χ4n) is 2.45. The zero-order chi connectivity index (χ0) is 13.2. The number of piperidine rings is 1. The Morgan fingerprint density at radius 2 is 2.16 bits per heavy atom. The van der Waals surface area contributed by atoms with Crippen LogP contribution < -0.4 is 4.90 Å². The lowest BCUT2D eigenvalue weighted by Crippen LogP contribution is -2.36. The summed E-state index contributed by atoms with van der Waals surface area (Å²) in [5.41, 5.74) is 1.39. The van der Waals surface area contributed by atoms with Crippen molar-refractivity contribution in [2.45, 2.75) is 12.8 Å². The van der Waals surface area contributed by atoms with Gasteiger partial charge < -0.3 is 4.90 Å². The molecule has 2 aromatic rings. The Morgan fingerprint density at radius 3 is 2.95 bits per heavy atom. The molecule has 1 saturated heterocycles. The highest BCUT2D eigenvalue weighted by atomic mass is 16.1. The summed E-state index contributed by atoms with van der Waals surface area (Å²) in [5, 5.41) is 10.2. The van der Waals surface area contributed by atoms with E-state index in [1.54, 1.807) is 0 Å². The molecule has 0 spiro atoms. The van der Waals surface area contributed by atoms with Gasteiger partial charge in [0.1, 0.15) is 11.9 Å². The van der Waals surface area contributed by atoms with Gasteiger partial charge in [-0.2, -0.15) is 5.26 Å². The number of rotatable bonds is 1. The number of hydrogen-bond donors (Lipinski definition) is 0. The average molecular weight is 251 g/mol. The van der Waals surface area contributed by atoms with Gasteiger partial charge in [-0.3, -0.25) is 4.79 Å². The van der Waals surface area contributed by atoms with Crippen LogP contribution in [-0.4, -0.2) is 23.9 Å². The van der Waals surface area contributed by atoms with Crippen LogP contribution in [0.1, 0.15) is 18.4 Å². The number of benzene rings is 1. The maximum Gasteiger partial charge on any atom is 0.152 e. The molecular weight excluding hydrogens is 238 g/mol. The van der Waals surface area contributed by atoms with Crippen molar-refractivity contribution >= 4 is 22.5 Å². The van der Waals surface area contributed by atoms with Gasteiger partial charge in [0.05, 0.1) is 17.6 Å². The number of carbonyl (C=O) groups is 1. The maximum atomic E-state index is 11.6. The molecule has 19 heavy (non-hydrogen) atoms. The highest BCUT2D eigenvalue weighted by Gasteiger charge is 2.21. The van der Waals surface area contributed by atoms with Gasteiger partial charge >= 0.3 is 0 Å². The number of ketones is 1. The van der Waals surface area contributed by atoms with Gasteiger partial charge in [0.15, 0.2) is 5.78 Å². The molecule has 0 atom stereocenters. The molecule has 0 unspecified atom stereocenters. The van der Waals surface area contributed by atoms with Crippen molar-refractivity contribution in [2.24, 2.45) is 0 Å². The van der Waals surface area contributed by atoms with E-state index < -0.39 is 0 Å². The normalized spacial score (nSPS) is 15.5. The molecule has 0 aliphatic carbocycles. The molecule has 0 saturated carbocycles. The third-order valence-electron chi connectivity index (χ3n) is 3.37. The van der Waals surface area contributed by atoms with Crippen LogP contribution in [0.2, 0.25) is 0 Å². The fraction of sp³-hybridized carbons (Fsp3) is 0.267. The van der Waals surface area contributed by atoms with Crippen LogP contribution in [0.3, 0.4) is 0 Å². The second-order valence-corrected chi connectivity index (χ2v) is 4.73. The van der Waals surface area contributed by atoms with Crippen LogP contribution in [0.4, 0.5) is 5.82 Å². The number of pyridine rings is 1. The molecule has 2 heterocycles. The third-order valence-corrected chi connectivity index (χ3v) is 3.37. The molecule has 0 bridgehead atoms. The van der Waals surface area contributed by atoms with Crippen molar-refractivity contribution in [1.82, 2.24) is 4.98 Å². The molecule has 4 heteroatoms. The van der Waals surface area contributed by atoms with Crippen molar-refractivity contribution in [3.05, 3.63) is 35.9 Å². The van der Waals surface area contributed by atoms with Crippen LogP contribution in [0, 0.1) is 11.3 Å². The molecule has 94 valence electrons. The van der Waals surface area contributed by atoms with Crippen LogP contribution in [0.15, 0.2) is 30.3 Å². The van der Waals surface area contributed by atoms with Crippen molar-refractivity contribution < 1.29 is 4.79 Å².